The van der Waals surface area contributed by atoms with Gasteiger partial charge in [-0.1, -0.05) is 0 Å². The van der Waals surface area contributed by atoms with Gasteiger partial charge in [-0.15, -0.1) is 0 Å². The Morgan fingerprint density at radius 3 is 2.33 bits per heavy atom. The fourth-order valence-electron chi connectivity index (χ4n) is 1.64. The zero-order chi connectivity index (χ0) is 13.3. The summed E-state index contributed by atoms with van der Waals surface area (Å²) in [7, 11) is -3.63. The Morgan fingerprint density at radius 2 is 1.89 bits per heavy atom. The first-order valence-electron chi connectivity index (χ1n) is 5.18. The van der Waals surface area contributed by atoms with Crippen molar-refractivity contribution in [2.45, 2.75) is 4.90 Å². The maximum Gasteiger partial charge on any atom is 0.309 e. The number of nitrogens with zero attached hydrogens (tertiary/aromatic N) is 2. The Hall–Kier alpha value is -1.91. The van der Waals surface area contributed by atoms with Crippen LogP contribution in [-0.4, -0.2) is 36.9 Å². The van der Waals surface area contributed by atoms with E-state index in [1.54, 1.807) is 0 Å². The molecule has 0 unspecified atom stereocenters. The Kier molecular flexibility index (Phi) is 3.07. The first-order valence-corrected chi connectivity index (χ1v) is 6.62. The van der Waals surface area contributed by atoms with Gasteiger partial charge in [-0.25, -0.2) is 8.42 Å². The number of hydrogen-bond donors (Lipinski definition) is 1. The number of hydrogen-bond acceptors (Lipinski definition) is 4. The monoisotopic (exact) mass is 266 g/mol. The number of rotatable bonds is 3. The maximum atomic E-state index is 12.0. The highest BCUT2D eigenvalue weighted by Gasteiger charge is 2.40. The van der Waals surface area contributed by atoms with Crippen molar-refractivity contribution in [1.82, 2.24) is 4.31 Å². The lowest BCUT2D eigenvalue weighted by atomic mass is 10.0. The SMILES string of the molecule is N#Cc1ccc(S(=O)(=O)N2CC(C(=O)O)C2)cc1. The second-order valence-electron chi connectivity index (χ2n) is 3.99. The summed E-state index contributed by atoms with van der Waals surface area (Å²) in [5, 5.41) is 17.3. The lowest BCUT2D eigenvalue weighted by molar-refractivity contribution is -0.145. The fraction of sp³-hybridized carbons (Fsp3) is 0.273. The molecular formula is C11H10N2O4S. The van der Waals surface area contributed by atoms with E-state index in [4.69, 9.17) is 10.4 Å². The van der Waals surface area contributed by atoms with Crippen molar-refractivity contribution < 1.29 is 18.3 Å². The lowest BCUT2D eigenvalue weighted by Gasteiger charge is -2.35. The Morgan fingerprint density at radius 1 is 1.33 bits per heavy atom. The van der Waals surface area contributed by atoms with Crippen LogP contribution in [-0.2, 0) is 14.8 Å². The number of nitriles is 1. The Labute approximate surface area is 104 Å². The summed E-state index contributed by atoms with van der Waals surface area (Å²) in [6, 6.07) is 7.43. The van der Waals surface area contributed by atoms with Crippen molar-refractivity contribution in [3.8, 4) is 6.07 Å². The molecule has 2 rings (SSSR count). The van der Waals surface area contributed by atoms with Crippen LogP contribution in [0.25, 0.3) is 0 Å². The Balaban J connectivity index is 2.17. The molecule has 0 saturated carbocycles. The van der Waals surface area contributed by atoms with Crippen LogP contribution in [0.1, 0.15) is 5.56 Å². The molecule has 0 radical (unpaired) electrons. The molecule has 7 heteroatoms. The number of benzene rings is 1. The molecule has 0 aliphatic carbocycles. The standard InChI is InChI=1S/C11H10N2O4S/c12-5-8-1-3-10(4-2-8)18(16,17)13-6-9(7-13)11(14)15/h1-4,9H,6-7H2,(H,14,15). The molecule has 1 aromatic carbocycles. The first-order chi connectivity index (χ1) is 8.45. The van der Waals surface area contributed by atoms with E-state index in [0.29, 0.717) is 5.56 Å². The molecule has 0 bridgehead atoms. The smallest absolute Gasteiger partial charge is 0.309 e. The number of aliphatic carboxylic acids is 1. The molecule has 0 aromatic heterocycles. The average Bonchev–Trinajstić information content (AvgIpc) is 2.26. The van der Waals surface area contributed by atoms with Gasteiger partial charge in [0.2, 0.25) is 10.0 Å². The average molecular weight is 266 g/mol. The van der Waals surface area contributed by atoms with Crippen LogP contribution in [0.2, 0.25) is 0 Å². The molecule has 6 nitrogen and oxygen atoms in total. The molecule has 0 spiro atoms. The minimum atomic E-state index is -3.63. The number of carbonyl (C=O) groups is 1. The van der Waals surface area contributed by atoms with Gasteiger partial charge in [0, 0.05) is 13.1 Å². The third-order valence-corrected chi connectivity index (χ3v) is 4.66. The van der Waals surface area contributed by atoms with E-state index < -0.39 is 21.9 Å². The molecule has 1 N–H and O–H groups in total. The van der Waals surface area contributed by atoms with Crippen molar-refractivity contribution in [1.29, 1.82) is 5.26 Å². The van der Waals surface area contributed by atoms with Crippen LogP contribution in [0.4, 0.5) is 0 Å². The lowest BCUT2D eigenvalue weighted by Crippen LogP contribution is -2.52. The summed E-state index contributed by atoms with van der Waals surface area (Å²) >= 11 is 0. The van der Waals surface area contributed by atoms with Gasteiger partial charge in [-0.2, -0.15) is 9.57 Å². The zero-order valence-electron chi connectivity index (χ0n) is 9.28. The molecule has 1 aliphatic heterocycles. The van der Waals surface area contributed by atoms with E-state index in [0.717, 1.165) is 4.31 Å². The molecule has 1 aromatic rings. The van der Waals surface area contributed by atoms with Crippen LogP contribution in [0.5, 0.6) is 0 Å². The number of carboxylic acids is 1. The second kappa shape index (κ2) is 4.40. The van der Waals surface area contributed by atoms with Crippen molar-refractivity contribution in [2.24, 2.45) is 5.92 Å². The van der Waals surface area contributed by atoms with Crippen LogP contribution >= 0.6 is 0 Å². The van der Waals surface area contributed by atoms with Gasteiger partial charge in [0.25, 0.3) is 0 Å². The maximum absolute atomic E-state index is 12.0. The quantitative estimate of drug-likeness (QED) is 0.846. The van der Waals surface area contributed by atoms with Crippen molar-refractivity contribution in [2.75, 3.05) is 13.1 Å². The summed E-state index contributed by atoms with van der Waals surface area (Å²) in [4.78, 5) is 10.7. The Bertz CT molecular complexity index is 609. The molecule has 18 heavy (non-hydrogen) atoms. The van der Waals surface area contributed by atoms with Gasteiger partial charge in [-0.05, 0) is 24.3 Å². The summed E-state index contributed by atoms with van der Waals surface area (Å²) in [6.07, 6.45) is 0. The minimum Gasteiger partial charge on any atom is -0.481 e. The number of sulfonamides is 1. The topological polar surface area (TPSA) is 98.5 Å². The van der Waals surface area contributed by atoms with Crippen LogP contribution < -0.4 is 0 Å². The summed E-state index contributed by atoms with van der Waals surface area (Å²) in [5.41, 5.74) is 0.376. The fourth-order valence-corrected chi connectivity index (χ4v) is 3.17. The molecule has 1 fully saturated rings. The van der Waals surface area contributed by atoms with Gasteiger partial charge in [0.05, 0.1) is 22.4 Å². The van der Waals surface area contributed by atoms with Crippen molar-refractivity contribution in [3.05, 3.63) is 29.8 Å². The van der Waals surface area contributed by atoms with Crippen LogP contribution in [0.3, 0.4) is 0 Å². The summed E-state index contributed by atoms with van der Waals surface area (Å²) < 4.78 is 25.2. The van der Waals surface area contributed by atoms with Crippen LogP contribution in [0.15, 0.2) is 29.2 Å². The molecule has 1 aliphatic rings. The third kappa shape index (κ3) is 2.08. The normalized spacial score (nSPS) is 16.8. The highest BCUT2D eigenvalue weighted by atomic mass is 32.2. The zero-order valence-corrected chi connectivity index (χ0v) is 10.1. The predicted octanol–water partition coefficient (Wildman–Crippen LogP) is 0.263. The first kappa shape index (κ1) is 12.5. The van der Waals surface area contributed by atoms with E-state index >= 15 is 0 Å². The van der Waals surface area contributed by atoms with Gasteiger partial charge in [-0.3, -0.25) is 4.79 Å². The van der Waals surface area contributed by atoms with Gasteiger partial charge in [0.15, 0.2) is 0 Å². The van der Waals surface area contributed by atoms with Crippen molar-refractivity contribution in [3.63, 3.8) is 0 Å². The third-order valence-electron chi connectivity index (χ3n) is 2.82. The molecule has 94 valence electrons. The van der Waals surface area contributed by atoms with E-state index in [9.17, 15) is 13.2 Å². The second-order valence-corrected chi connectivity index (χ2v) is 5.93. The highest BCUT2D eigenvalue weighted by Crippen LogP contribution is 2.25. The van der Waals surface area contributed by atoms with E-state index in [2.05, 4.69) is 0 Å². The largest absolute Gasteiger partial charge is 0.481 e. The molecular weight excluding hydrogens is 256 g/mol. The van der Waals surface area contributed by atoms with Crippen molar-refractivity contribution >= 4 is 16.0 Å². The van der Waals surface area contributed by atoms with Gasteiger partial charge >= 0.3 is 5.97 Å². The van der Waals surface area contributed by atoms with E-state index in [1.807, 2.05) is 6.07 Å². The van der Waals surface area contributed by atoms with Crippen LogP contribution in [0, 0.1) is 17.2 Å². The molecule has 1 heterocycles. The highest BCUT2D eigenvalue weighted by molar-refractivity contribution is 7.89. The minimum absolute atomic E-state index is 0.00231. The van der Waals surface area contributed by atoms with Gasteiger partial charge in [0.1, 0.15) is 0 Å². The summed E-state index contributed by atoms with van der Waals surface area (Å²) in [5.74, 6) is -1.61. The molecule has 1 saturated heterocycles. The molecule has 0 atom stereocenters. The number of carboxylic acid groups (broad SMARTS) is 1. The molecule has 0 amide bonds. The van der Waals surface area contributed by atoms with E-state index in [-0.39, 0.29) is 18.0 Å². The van der Waals surface area contributed by atoms with E-state index in [1.165, 1.54) is 24.3 Å². The summed E-state index contributed by atoms with van der Waals surface area (Å²) in [6.45, 7) is -0.00463. The predicted molar refractivity (Wildman–Crippen MR) is 61.0 cm³/mol. The van der Waals surface area contributed by atoms with Gasteiger partial charge < -0.3 is 5.11 Å².